The maximum atomic E-state index is 14.3. The van der Waals surface area contributed by atoms with E-state index in [9.17, 15) is 32.5 Å². The number of aromatic nitrogens is 1. The minimum Gasteiger partial charge on any atom is -0.482 e. The van der Waals surface area contributed by atoms with Crippen LogP contribution in [0.3, 0.4) is 0 Å². The Bertz CT molecular complexity index is 1830. The van der Waals surface area contributed by atoms with Crippen molar-refractivity contribution in [3.05, 3.63) is 63.1 Å². The van der Waals surface area contributed by atoms with Gasteiger partial charge in [-0.1, -0.05) is 18.1 Å². The number of oxime groups is 1. The normalized spacial score (nSPS) is 22.2. The van der Waals surface area contributed by atoms with Crippen molar-refractivity contribution in [1.29, 1.82) is 0 Å². The Morgan fingerprint density at radius 2 is 2.00 bits per heavy atom. The van der Waals surface area contributed by atoms with Crippen molar-refractivity contribution in [1.82, 2.24) is 14.8 Å². The maximum Gasteiger partial charge on any atom is 0.511 e. The number of pyridine rings is 1. The molecular formula is C31H37F2N4O13P. The highest BCUT2D eigenvalue weighted by molar-refractivity contribution is 7.46. The van der Waals surface area contributed by atoms with Crippen molar-refractivity contribution < 1.29 is 65.8 Å². The van der Waals surface area contributed by atoms with E-state index < -0.39 is 91.4 Å². The van der Waals surface area contributed by atoms with E-state index in [1.54, 1.807) is 6.92 Å². The molecule has 5 rings (SSSR count). The number of phosphoric acid groups is 1. The van der Waals surface area contributed by atoms with Crippen LogP contribution in [0.1, 0.15) is 78.9 Å². The Morgan fingerprint density at radius 3 is 2.65 bits per heavy atom. The lowest BCUT2D eigenvalue weighted by Gasteiger charge is -2.42. The molecule has 1 fully saturated rings. The van der Waals surface area contributed by atoms with Crippen LogP contribution in [0.25, 0.3) is 0 Å². The van der Waals surface area contributed by atoms with E-state index in [-0.39, 0.29) is 36.7 Å². The average molecular weight is 743 g/mol. The molecule has 0 saturated carbocycles. The van der Waals surface area contributed by atoms with Crippen LogP contribution < -0.4 is 15.5 Å². The van der Waals surface area contributed by atoms with Crippen LogP contribution in [0.5, 0.6) is 5.75 Å². The molecule has 1 aromatic heterocycles. The molecule has 3 N–H and O–H groups in total. The molecule has 5 atom stereocenters. The molecule has 2 amide bonds. The standard InChI is InChI=1S/C31H37F2N4O13P/c1-5-22(49-51(42,43)44)17(3)48-30(41)47-15-46-27-25-29(40)36-14-23(31(9-8-16(36)2)11-24(45-4)35-50-31)37(25)13-20(26(27)38)28(39)34-12-18-6-7-19(32)10-21(18)33/h6-7,10,13,16-17,22-23H,5,8-9,11-12,14-15H2,1-4H3,(H,34,39)(H2,42,43,44)/t16-,17+,22-,23+,31-/m0/s1. The Hall–Kier alpha value is -4.58. The van der Waals surface area contributed by atoms with E-state index in [1.165, 1.54) is 29.7 Å². The smallest absolute Gasteiger partial charge is 0.482 e. The summed E-state index contributed by atoms with van der Waals surface area (Å²) in [6.45, 7) is 3.35. The molecule has 51 heavy (non-hydrogen) atoms. The number of hydrogen-bond acceptors (Lipinski definition) is 12. The van der Waals surface area contributed by atoms with Crippen molar-refractivity contribution >= 4 is 31.7 Å². The summed E-state index contributed by atoms with van der Waals surface area (Å²) in [6.07, 6.45) is -1.42. The lowest BCUT2D eigenvalue weighted by Crippen LogP contribution is -2.52. The largest absolute Gasteiger partial charge is 0.511 e. The number of amides is 2. The van der Waals surface area contributed by atoms with Gasteiger partial charge in [-0.25, -0.2) is 18.1 Å². The number of hydrogen-bond donors (Lipinski definition) is 3. The first-order valence-corrected chi connectivity index (χ1v) is 17.4. The highest BCUT2D eigenvalue weighted by Crippen LogP contribution is 2.46. The van der Waals surface area contributed by atoms with Gasteiger partial charge < -0.3 is 48.4 Å². The Labute approximate surface area is 289 Å². The van der Waals surface area contributed by atoms with Crippen LogP contribution >= 0.6 is 7.82 Å². The van der Waals surface area contributed by atoms with Crippen molar-refractivity contribution in [2.45, 2.75) is 82.9 Å². The highest BCUT2D eigenvalue weighted by Gasteiger charge is 2.55. The molecule has 17 nitrogen and oxygen atoms in total. The summed E-state index contributed by atoms with van der Waals surface area (Å²) in [5, 5.41) is 6.49. The molecule has 278 valence electrons. The van der Waals surface area contributed by atoms with E-state index >= 15 is 0 Å². The average Bonchev–Trinajstić information content (AvgIpc) is 3.45. The van der Waals surface area contributed by atoms with E-state index in [0.29, 0.717) is 24.8 Å². The fourth-order valence-electron chi connectivity index (χ4n) is 6.31. The number of fused-ring (bicyclic) bond motifs is 5. The number of rotatable bonds is 11. The summed E-state index contributed by atoms with van der Waals surface area (Å²) < 4.78 is 66.0. The number of phosphoric ester groups is 1. The van der Waals surface area contributed by atoms with Crippen molar-refractivity contribution in [3.63, 3.8) is 0 Å². The first-order chi connectivity index (χ1) is 24.1. The van der Waals surface area contributed by atoms with Crippen molar-refractivity contribution in [2.24, 2.45) is 5.16 Å². The van der Waals surface area contributed by atoms with Gasteiger partial charge in [0, 0.05) is 37.0 Å². The molecule has 0 aliphatic carbocycles. The third kappa shape index (κ3) is 8.01. The Balaban J connectivity index is 1.48. The van der Waals surface area contributed by atoms with Gasteiger partial charge in [-0.3, -0.25) is 18.9 Å². The van der Waals surface area contributed by atoms with E-state index in [0.717, 1.165) is 12.1 Å². The van der Waals surface area contributed by atoms with Crippen molar-refractivity contribution in [2.75, 3.05) is 20.4 Å². The van der Waals surface area contributed by atoms with Crippen LogP contribution in [0, 0.1) is 11.6 Å². The van der Waals surface area contributed by atoms with Crippen LogP contribution in [0.4, 0.5) is 13.6 Å². The minimum atomic E-state index is -4.91. The molecule has 3 aliphatic rings. The quantitative estimate of drug-likeness (QED) is 0.172. The minimum absolute atomic E-state index is 0.0575. The number of nitrogens with one attached hydrogen (secondary N) is 1. The van der Waals surface area contributed by atoms with Gasteiger partial charge in [-0.05, 0) is 39.2 Å². The van der Waals surface area contributed by atoms with Gasteiger partial charge in [0.1, 0.15) is 29.4 Å². The fraction of sp³-hybridized carbons (Fsp3) is 0.516. The van der Waals surface area contributed by atoms with E-state index in [4.69, 9.17) is 33.6 Å². The van der Waals surface area contributed by atoms with Crippen LogP contribution in [-0.2, 0) is 34.7 Å². The number of halogens is 2. The summed E-state index contributed by atoms with van der Waals surface area (Å²) in [5.41, 5.74) is -2.99. The van der Waals surface area contributed by atoms with Gasteiger partial charge in [0.15, 0.2) is 11.3 Å². The second kappa shape index (κ2) is 15.0. The summed E-state index contributed by atoms with van der Waals surface area (Å²) in [4.78, 5) is 79.7. The van der Waals surface area contributed by atoms with Gasteiger partial charge in [-0.15, -0.1) is 0 Å². The number of benzene rings is 1. The number of methoxy groups -OCH3 is 1. The van der Waals surface area contributed by atoms with Crippen molar-refractivity contribution in [3.8, 4) is 5.75 Å². The SMILES string of the molecule is CC[C@H](OP(=O)(O)O)[C@@H](C)OC(=O)OCOc1c2n(cc(C(=O)NCc3ccc(F)cc3F)c1=O)[C@@H]1CN(C2=O)[C@@H](C)CC[C@]12CC(OC)=NO2. The van der Waals surface area contributed by atoms with Gasteiger partial charge in [0.25, 0.3) is 11.8 Å². The third-order valence-electron chi connectivity index (χ3n) is 9.06. The summed E-state index contributed by atoms with van der Waals surface area (Å²) in [5.74, 6) is -3.71. The molecule has 20 heteroatoms. The predicted molar refractivity (Wildman–Crippen MR) is 170 cm³/mol. The first kappa shape index (κ1) is 37.7. The summed E-state index contributed by atoms with van der Waals surface area (Å²) >= 11 is 0. The third-order valence-corrected chi connectivity index (χ3v) is 9.61. The fourth-order valence-corrected chi connectivity index (χ4v) is 6.99. The molecule has 1 spiro atoms. The molecule has 0 radical (unpaired) electrons. The number of carbonyl (C=O) groups excluding carboxylic acids is 3. The second-order valence-electron chi connectivity index (χ2n) is 12.3. The zero-order valence-electron chi connectivity index (χ0n) is 28.0. The predicted octanol–water partition coefficient (Wildman–Crippen LogP) is 3.12. The zero-order chi connectivity index (χ0) is 37.2. The summed E-state index contributed by atoms with van der Waals surface area (Å²) in [7, 11) is -3.48. The van der Waals surface area contributed by atoms with Crippen LogP contribution in [0.15, 0.2) is 34.3 Å². The lowest BCUT2D eigenvalue weighted by molar-refractivity contribution is -0.0660. The van der Waals surface area contributed by atoms with Gasteiger partial charge in [0.2, 0.25) is 23.9 Å². The molecule has 0 unspecified atom stereocenters. The van der Waals surface area contributed by atoms with E-state index in [2.05, 4.69) is 15.0 Å². The topological polar surface area (TPSA) is 214 Å². The number of carbonyl (C=O) groups is 3. The van der Waals surface area contributed by atoms with Gasteiger partial charge in [0.05, 0.1) is 19.6 Å². The van der Waals surface area contributed by atoms with Crippen LogP contribution in [-0.4, -0.2) is 87.4 Å². The summed E-state index contributed by atoms with van der Waals surface area (Å²) in [6, 6.07) is 1.72. The number of nitrogens with zero attached hydrogens (tertiary/aromatic N) is 3. The van der Waals surface area contributed by atoms with Gasteiger partial charge >= 0.3 is 14.0 Å². The van der Waals surface area contributed by atoms with Gasteiger partial charge in [-0.2, -0.15) is 0 Å². The molecule has 4 heterocycles. The first-order valence-electron chi connectivity index (χ1n) is 15.9. The number of ether oxygens (including phenoxy) is 4. The molecule has 2 bridgehead atoms. The van der Waals surface area contributed by atoms with E-state index in [1.807, 2.05) is 6.92 Å². The molecule has 1 saturated heterocycles. The molecule has 1 aromatic carbocycles. The lowest BCUT2D eigenvalue weighted by atomic mass is 9.85. The maximum absolute atomic E-state index is 14.3. The highest BCUT2D eigenvalue weighted by atomic mass is 31.2. The zero-order valence-corrected chi connectivity index (χ0v) is 28.9. The Morgan fingerprint density at radius 1 is 1.25 bits per heavy atom. The Kier molecular flexibility index (Phi) is 11.0. The second-order valence-corrected chi connectivity index (χ2v) is 13.5. The molecular weight excluding hydrogens is 705 g/mol. The monoisotopic (exact) mass is 742 g/mol. The molecule has 2 aromatic rings. The van der Waals surface area contributed by atoms with Crippen LogP contribution in [0.2, 0.25) is 0 Å². The molecule has 3 aliphatic heterocycles.